The van der Waals surface area contributed by atoms with Crippen molar-refractivity contribution >= 4 is 18.3 Å². The van der Waals surface area contributed by atoms with E-state index in [-0.39, 0.29) is 36.4 Å². The summed E-state index contributed by atoms with van der Waals surface area (Å²) in [5.41, 5.74) is 3.56. The molecule has 1 aliphatic rings. The van der Waals surface area contributed by atoms with Gasteiger partial charge in [-0.05, 0) is 24.6 Å². The number of hydrogen-bond acceptors (Lipinski definition) is 4. The van der Waals surface area contributed by atoms with Gasteiger partial charge in [-0.2, -0.15) is 13.2 Å². The molecule has 1 aromatic carbocycles. The third-order valence-electron chi connectivity index (χ3n) is 5.30. The second kappa shape index (κ2) is 8.24. The van der Waals surface area contributed by atoms with Crippen LogP contribution in [0.25, 0.3) is 0 Å². The zero-order valence-electron chi connectivity index (χ0n) is 15.8. The Kier molecular flexibility index (Phi) is 7.18. The molecule has 27 heavy (non-hydrogen) atoms. The monoisotopic (exact) mass is 410 g/mol. The lowest BCUT2D eigenvalue weighted by molar-refractivity contribution is -0.170. The van der Waals surface area contributed by atoms with Crippen LogP contribution in [0.15, 0.2) is 18.2 Å². The summed E-state index contributed by atoms with van der Waals surface area (Å²) < 4.78 is 50.2. The van der Waals surface area contributed by atoms with E-state index in [0.29, 0.717) is 13.0 Å². The highest BCUT2D eigenvalue weighted by molar-refractivity contribution is 5.88. The van der Waals surface area contributed by atoms with Gasteiger partial charge in [0.1, 0.15) is 11.3 Å². The Morgan fingerprint density at radius 3 is 2.48 bits per heavy atom. The molecule has 2 rings (SSSR count). The van der Waals surface area contributed by atoms with E-state index < -0.39 is 28.6 Å². The number of nitrogens with one attached hydrogen (secondary N) is 1. The topological polar surface area (TPSA) is 73.6 Å². The van der Waals surface area contributed by atoms with Gasteiger partial charge < -0.3 is 20.5 Å². The molecule has 9 heteroatoms. The quantitative estimate of drug-likeness (QED) is 0.754. The Labute approximate surface area is 163 Å². The van der Waals surface area contributed by atoms with E-state index in [9.17, 15) is 18.0 Å². The van der Waals surface area contributed by atoms with Gasteiger partial charge in [0.2, 0.25) is 5.91 Å². The summed E-state index contributed by atoms with van der Waals surface area (Å²) in [6.45, 7) is 5.74. The Morgan fingerprint density at radius 2 is 2.00 bits per heavy atom. The van der Waals surface area contributed by atoms with Crippen LogP contribution < -0.4 is 15.8 Å². The number of halogens is 4. The van der Waals surface area contributed by atoms with Crippen LogP contribution in [0.1, 0.15) is 38.3 Å². The lowest BCUT2D eigenvalue weighted by Crippen LogP contribution is -2.75. The van der Waals surface area contributed by atoms with Crippen molar-refractivity contribution in [2.45, 2.75) is 51.6 Å². The van der Waals surface area contributed by atoms with E-state index >= 15 is 0 Å². The molecule has 3 N–H and O–H groups in total. The van der Waals surface area contributed by atoms with Crippen LogP contribution in [-0.2, 0) is 22.3 Å². The van der Waals surface area contributed by atoms with Crippen molar-refractivity contribution in [3.8, 4) is 5.75 Å². The fourth-order valence-electron chi connectivity index (χ4n) is 3.25. The first-order chi connectivity index (χ1) is 12.0. The largest absolute Gasteiger partial charge is 0.497 e. The molecule has 5 nitrogen and oxygen atoms in total. The minimum Gasteiger partial charge on any atom is -0.497 e. The lowest BCUT2D eigenvalue weighted by atomic mass is 9.54. The van der Waals surface area contributed by atoms with Crippen LogP contribution in [0.3, 0.4) is 0 Å². The van der Waals surface area contributed by atoms with Gasteiger partial charge >= 0.3 is 6.18 Å². The van der Waals surface area contributed by atoms with Gasteiger partial charge in [0.15, 0.2) is 0 Å². The minimum absolute atomic E-state index is 0. The molecule has 0 radical (unpaired) electrons. The minimum atomic E-state index is -4.55. The van der Waals surface area contributed by atoms with Gasteiger partial charge in [-0.1, -0.05) is 19.9 Å². The smallest absolute Gasteiger partial charge is 0.416 e. The number of hydrogen-bond donors (Lipinski definition) is 2. The summed E-state index contributed by atoms with van der Waals surface area (Å²) in [4.78, 5) is 12.6. The van der Waals surface area contributed by atoms with Gasteiger partial charge in [-0.25, -0.2) is 0 Å². The van der Waals surface area contributed by atoms with E-state index in [1.165, 1.54) is 19.2 Å². The van der Waals surface area contributed by atoms with Crippen molar-refractivity contribution in [3.05, 3.63) is 29.3 Å². The number of nitrogens with two attached hydrogens (primary N) is 1. The molecular weight excluding hydrogens is 385 g/mol. The molecule has 0 aliphatic heterocycles. The first kappa shape index (κ1) is 23.5. The maximum atomic E-state index is 13.3. The standard InChI is InChI=1S/C18H25F3N2O3.ClH/c1-5-26-14-9-17(22,16(14,2)3)15(24)23-10-11-6-7-12(25-4)8-13(11)18(19,20)21;/h6-8,14H,5,9-10,22H2,1-4H3,(H,23,24);1H. The number of rotatable bonds is 6. The Hall–Kier alpha value is -1.51. The summed E-state index contributed by atoms with van der Waals surface area (Å²) in [6.07, 6.45) is -4.38. The normalized spacial score (nSPS) is 23.8. The average Bonchev–Trinajstić information content (AvgIpc) is 2.58. The van der Waals surface area contributed by atoms with Crippen LogP contribution in [0, 0.1) is 5.41 Å². The van der Waals surface area contributed by atoms with E-state index in [4.69, 9.17) is 15.2 Å². The van der Waals surface area contributed by atoms with Crippen molar-refractivity contribution in [1.82, 2.24) is 5.32 Å². The summed E-state index contributed by atoms with van der Waals surface area (Å²) >= 11 is 0. The number of carbonyl (C=O) groups is 1. The number of carbonyl (C=O) groups excluding carboxylic acids is 1. The van der Waals surface area contributed by atoms with Gasteiger partial charge in [-0.3, -0.25) is 4.79 Å². The van der Waals surface area contributed by atoms with Crippen LogP contribution in [0.2, 0.25) is 0 Å². The van der Waals surface area contributed by atoms with Gasteiger partial charge in [0, 0.05) is 25.0 Å². The zero-order valence-corrected chi connectivity index (χ0v) is 16.6. The molecule has 154 valence electrons. The Morgan fingerprint density at radius 1 is 1.37 bits per heavy atom. The summed E-state index contributed by atoms with van der Waals surface area (Å²) in [6, 6.07) is 3.63. The fraction of sp³-hybridized carbons (Fsp3) is 0.611. The third kappa shape index (κ3) is 4.33. The molecule has 0 heterocycles. The fourth-order valence-corrected chi connectivity index (χ4v) is 3.25. The average molecular weight is 411 g/mol. The van der Waals surface area contributed by atoms with Crippen molar-refractivity contribution in [1.29, 1.82) is 0 Å². The number of ether oxygens (including phenoxy) is 2. The first-order valence-electron chi connectivity index (χ1n) is 8.40. The van der Waals surface area contributed by atoms with E-state index in [1.54, 1.807) is 0 Å². The molecule has 0 aromatic heterocycles. The van der Waals surface area contributed by atoms with Crippen LogP contribution >= 0.6 is 12.4 Å². The zero-order chi connectivity index (χ0) is 19.8. The molecule has 0 spiro atoms. The predicted octanol–water partition coefficient (Wildman–Crippen LogP) is 3.28. The molecule has 2 unspecified atom stereocenters. The molecular formula is C18H26ClF3N2O3. The van der Waals surface area contributed by atoms with Crippen LogP contribution in [-0.4, -0.2) is 31.3 Å². The lowest BCUT2D eigenvalue weighted by Gasteiger charge is -2.57. The van der Waals surface area contributed by atoms with Crippen molar-refractivity contribution < 1.29 is 27.4 Å². The van der Waals surface area contributed by atoms with Crippen LogP contribution in [0.4, 0.5) is 13.2 Å². The Bertz CT molecular complexity index is 682. The first-order valence-corrected chi connectivity index (χ1v) is 8.40. The molecule has 0 bridgehead atoms. The van der Waals surface area contributed by atoms with E-state index in [1.807, 2.05) is 20.8 Å². The van der Waals surface area contributed by atoms with Gasteiger partial charge in [0.25, 0.3) is 0 Å². The second-order valence-corrected chi connectivity index (χ2v) is 7.04. The van der Waals surface area contributed by atoms with Crippen molar-refractivity contribution in [2.24, 2.45) is 11.1 Å². The SMILES string of the molecule is CCOC1CC(N)(C(=O)NCc2ccc(OC)cc2C(F)(F)F)C1(C)C.Cl. The molecule has 1 aromatic rings. The van der Waals surface area contributed by atoms with E-state index in [0.717, 1.165) is 6.07 Å². The highest BCUT2D eigenvalue weighted by Crippen LogP contribution is 2.49. The Balaban J connectivity index is 0.00000364. The second-order valence-electron chi connectivity index (χ2n) is 7.04. The maximum absolute atomic E-state index is 13.3. The van der Waals surface area contributed by atoms with Crippen molar-refractivity contribution in [2.75, 3.05) is 13.7 Å². The predicted molar refractivity (Wildman–Crippen MR) is 97.8 cm³/mol. The number of amides is 1. The third-order valence-corrected chi connectivity index (χ3v) is 5.30. The van der Waals surface area contributed by atoms with Crippen LogP contribution in [0.5, 0.6) is 5.75 Å². The molecule has 2 atom stereocenters. The molecule has 1 fully saturated rings. The number of benzene rings is 1. The molecule has 0 saturated heterocycles. The molecule has 1 saturated carbocycles. The van der Waals surface area contributed by atoms with E-state index in [2.05, 4.69) is 5.32 Å². The number of alkyl halides is 3. The summed E-state index contributed by atoms with van der Waals surface area (Å²) in [5, 5.41) is 2.55. The highest BCUT2D eigenvalue weighted by Gasteiger charge is 2.62. The summed E-state index contributed by atoms with van der Waals surface area (Å²) in [5.74, 6) is -0.384. The van der Waals surface area contributed by atoms with Gasteiger partial charge in [0.05, 0.1) is 18.8 Å². The van der Waals surface area contributed by atoms with Crippen molar-refractivity contribution in [3.63, 3.8) is 0 Å². The maximum Gasteiger partial charge on any atom is 0.416 e. The molecule has 1 aliphatic carbocycles. The number of methoxy groups -OCH3 is 1. The highest BCUT2D eigenvalue weighted by atomic mass is 35.5. The molecule has 1 amide bonds. The van der Waals surface area contributed by atoms with Gasteiger partial charge in [-0.15, -0.1) is 12.4 Å². The summed E-state index contributed by atoms with van der Waals surface area (Å²) in [7, 11) is 1.29.